The normalized spacial score (nSPS) is 16.0. The summed E-state index contributed by atoms with van der Waals surface area (Å²) in [5.41, 5.74) is -0.438. The predicted octanol–water partition coefficient (Wildman–Crippen LogP) is 1.70. The first-order chi connectivity index (χ1) is 10.7. The fourth-order valence-corrected chi connectivity index (χ4v) is 2.17. The number of hydrogen-bond acceptors (Lipinski definition) is 4. The second kappa shape index (κ2) is 6.59. The van der Waals surface area contributed by atoms with Gasteiger partial charge in [0.15, 0.2) is 5.69 Å². The van der Waals surface area contributed by atoms with Crippen LogP contribution in [0.5, 0.6) is 0 Å². The van der Waals surface area contributed by atoms with Crippen LogP contribution in [0.3, 0.4) is 0 Å². The van der Waals surface area contributed by atoms with Gasteiger partial charge in [-0.2, -0.15) is 18.3 Å². The summed E-state index contributed by atoms with van der Waals surface area (Å²) in [5.74, 6) is -1.59. The zero-order valence-corrected chi connectivity index (χ0v) is 12.8. The van der Waals surface area contributed by atoms with Crippen LogP contribution in [0.2, 0.25) is 0 Å². The van der Waals surface area contributed by atoms with Crippen molar-refractivity contribution < 1.29 is 27.5 Å². The lowest BCUT2D eigenvalue weighted by Crippen LogP contribution is -2.36. The van der Waals surface area contributed by atoms with Crippen LogP contribution in [0.15, 0.2) is 6.07 Å². The summed E-state index contributed by atoms with van der Waals surface area (Å²) in [6.45, 7) is 1.31. The molecule has 0 bridgehead atoms. The van der Waals surface area contributed by atoms with E-state index in [0.717, 1.165) is 18.9 Å². The Morgan fingerprint density at radius 3 is 2.65 bits per heavy atom. The number of methoxy groups -OCH3 is 1. The second-order valence-electron chi connectivity index (χ2n) is 5.60. The molecular formula is C14H18F3N3O3. The summed E-state index contributed by atoms with van der Waals surface area (Å²) in [4.78, 5) is 22.9. The van der Waals surface area contributed by atoms with Gasteiger partial charge in [0, 0.05) is 11.6 Å². The number of halogens is 3. The molecule has 0 radical (unpaired) electrons. The van der Waals surface area contributed by atoms with E-state index < -0.39 is 29.7 Å². The standard InChI is InChI=1S/C14H18F3N3O3/c1-8(13(22)18-6-12(21)23-2)7-20-10(9-3-4-9)5-11(19-20)14(15,16)17/h5,8-9H,3-4,6-7H2,1-2H3,(H,18,22). The first-order valence-corrected chi connectivity index (χ1v) is 7.21. The molecule has 1 fully saturated rings. The lowest BCUT2D eigenvalue weighted by Gasteiger charge is -2.13. The molecule has 1 aromatic rings. The smallest absolute Gasteiger partial charge is 0.435 e. The van der Waals surface area contributed by atoms with Crippen molar-refractivity contribution in [2.75, 3.05) is 13.7 Å². The van der Waals surface area contributed by atoms with E-state index in [0.29, 0.717) is 5.69 Å². The molecule has 6 nitrogen and oxygen atoms in total. The number of nitrogens with zero attached hydrogens (tertiary/aromatic N) is 2. The highest BCUT2D eigenvalue weighted by Crippen LogP contribution is 2.42. The quantitative estimate of drug-likeness (QED) is 0.804. The van der Waals surface area contributed by atoms with Gasteiger partial charge in [0.1, 0.15) is 6.54 Å². The van der Waals surface area contributed by atoms with Gasteiger partial charge in [-0.15, -0.1) is 0 Å². The summed E-state index contributed by atoms with van der Waals surface area (Å²) in [6.07, 6.45) is -2.86. The summed E-state index contributed by atoms with van der Waals surface area (Å²) in [5, 5.41) is 5.97. The van der Waals surface area contributed by atoms with Crippen LogP contribution in [0.4, 0.5) is 13.2 Å². The Morgan fingerprint density at radius 1 is 1.48 bits per heavy atom. The molecular weight excluding hydrogens is 315 g/mol. The summed E-state index contributed by atoms with van der Waals surface area (Å²) in [7, 11) is 1.20. The highest BCUT2D eigenvalue weighted by Gasteiger charge is 2.38. The minimum atomic E-state index is -4.51. The van der Waals surface area contributed by atoms with Crippen molar-refractivity contribution in [2.24, 2.45) is 5.92 Å². The number of amides is 1. The van der Waals surface area contributed by atoms with Crippen molar-refractivity contribution in [1.29, 1.82) is 0 Å². The molecule has 1 atom stereocenters. The summed E-state index contributed by atoms with van der Waals surface area (Å²) >= 11 is 0. The van der Waals surface area contributed by atoms with Gasteiger partial charge >= 0.3 is 12.1 Å². The molecule has 2 rings (SSSR count). The zero-order valence-electron chi connectivity index (χ0n) is 12.8. The van der Waals surface area contributed by atoms with Crippen LogP contribution < -0.4 is 5.32 Å². The Kier molecular flexibility index (Phi) is 4.96. The van der Waals surface area contributed by atoms with Gasteiger partial charge in [-0.05, 0) is 18.9 Å². The van der Waals surface area contributed by atoms with E-state index in [2.05, 4.69) is 15.2 Å². The molecule has 0 aliphatic heterocycles. The van der Waals surface area contributed by atoms with E-state index in [4.69, 9.17) is 0 Å². The number of esters is 1. The topological polar surface area (TPSA) is 73.2 Å². The van der Waals surface area contributed by atoms with E-state index in [1.165, 1.54) is 11.8 Å². The Bertz CT molecular complexity index is 594. The number of hydrogen-bond donors (Lipinski definition) is 1. The Labute approximate surface area is 131 Å². The molecule has 9 heteroatoms. The minimum Gasteiger partial charge on any atom is -0.468 e. The van der Waals surface area contributed by atoms with Crippen LogP contribution in [-0.2, 0) is 27.0 Å². The number of carbonyl (C=O) groups excluding carboxylic acids is 2. The van der Waals surface area contributed by atoms with Gasteiger partial charge in [-0.3, -0.25) is 14.3 Å². The van der Waals surface area contributed by atoms with E-state index >= 15 is 0 Å². The van der Waals surface area contributed by atoms with Crippen LogP contribution in [0, 0.1) is 5.92 Å². The van der Waals surface area contributed by atoms with E-state index in [9.17, 15) is 22.8 Å². The number of ether oxygens (including phenoxy) is 1. The van der Waals surface area contributed by atoms with Crippen LogP contribution >= 0.6 is 0 Å². The van der Waals surface area contributed by atoms with Crippen LogP contribution in [0.1, 0.15) is 37.1 Å². The minimum absolute atomic E-state index is 0.0227. The zero-order chi connectivity index (χ0) is 17.2. The Balaban J connectivity index is 2.05. The SMILES string of the molecule is COC(=O)CNC(=O)C(C)Cn1nc(C(F)(F)F)cc1C1CC1. The van der Waals surface area contributed by atoms with Gasteiger partial charge in [0.05, 0.1) is 19.6 Å². The largest absolute Gasteiger partial charge is 0.468 e. The van der Waals surface area contributed by atoms with Gasteiger partial charge < -0.3 is 10.1 Å². The molecule has 1 saturated carbocycles. The number of carbonyl (C=O) groups is 2. The number of aromatic nitrogens is 2. The molecule has 1 amide bonds. The third kappa shape index (κ3) is 4.46. The molecule has 1 aliphatic carbocycles. The molecule has 128 valence electrons. The maximum atomic E-state index is 12.8. The van der Waals surface area contributed by atoms with E-state index in [1.807, 2.05) is 0 Å². The number of alkyl halides is 3. The molecule has 1 N–H and O–H groups in total. The fourth-order valence-electron chi connectivity index (χ4n) is 2.17. The van der Waals surface area contributed by atoms with Crippen LogP contribution in [0.25, 0.3) is 0 Å². The number of rotatable bonds is 6. The first-order valence-electron chi connectivity index (χ1n) is 7.21. The van der Waals surface area contributed by atoms with E-state index in [-0.39, 0.29) is 19.0 Å². The maximum absolute atomic E-state index is 12.8. The second-order valence-corrected chi connectivity index (χ2v) is 5.60. The van der Waals surface area contributed by atoms with Crippen molar-refractivity contribution >= 4 is 11.9 Å². The molecule has 1 heterocycles. The van der Waals surface area contributed by atoms with Crippen molar-refractivity contribution in [3.63, 3.8) is 0 Å². The Hall–Kier alpha value is -2.06. The molecule has 1 aromatic heterocycles. The predicted molar refractivity (Wildman–Crippen MR) is 73.4 cm³/mol. The highest BCUT2D eigenvalue weighted by atomic mass is 19.4. The molecule has 0 aromatic carbocycles. The van der Waals surface area contributed by atoms with Gasteiger partial charge in [0.25, 0.3) is 0 Å². The third-order valence-corrected chi connectivity index (χ3v) is 3.63. The molecule has 0 saturated heterocycles. The molecule has 1 aliphatic rings. The van der Waals surface area contributed by atoms with Gasteiger partial charge in [0.2, 0.25) is 5.91 Å². The summed E-state index contributed by atoms with van der Waals surface area (Å²) in [6, 6.07) is 1.05. The van der Waals surface area contributed by atoms with Gasteiger partial charge in [-0.25, -0.2) is 0 Å². The van der Waals surface area contributed by atoms with E-state index in [1.54, 1.807) is 6.92 Å². The van der Waals surface area contributed by atoms with Crippen molar-refractivity contribution in [3.05, 3.63) is 17.5 Å². The lowest BCUT2D eigenvalue weighted by molar-refractivity contribution is -0.142. The fraction of sp³-hybridized carbons (Fsp3) is 0.643. The average molecular weight is 333 g/mol. The first kappa shape index (κ1) is 17.3. The van der Waals surface area contributed by atoms with Crippen molar-refractivity contribution in [3.8, 4) is 0 Å². The molecule has 23 heavy (non-hydrogen) atoms. The summed E-state index contributed by atoms with van der Waals surface area (Å²) < 4.78 is 44.1. The highest BCUT2D eigenvalue weighted by molar-refractivity contribution is 5.83. The monoisotopic (exact) mass is 333 g/mol. The lowest BCUT2D eigenvalue weighted by atomic mass is 10.1. The third-order valence-electron chi connectivity index (χ3n) is 3.63. The van der Waals surface area contributed by atoms with Crippen molar-refractivity contribution in [1.82, 2.24) is 15.1 Å². The van der Waals surface area contributed by atoms with Crippen molar-refractivity contribution in [2.45, 2.75) is 38.4 Å². The van der Waals surface area contributed by atoms with Gasteiger partial charge in [-0.1, -0.05) is 6.92 Å². The average Bonchev–Trinajstić information content (AvgIpc) is 3.23. The molecule has 0 spiro atoms. The number of nitrogens with one attached hydrogen (secondary N) is 1. The Morgan fingerprint density at radius 2 is 2.13 bits per heavy atom. The maximum Gasteiger partial charge on any atom is 0.435 e. The van der Waals surface area contributed by atoms with Crippen LogP contribution in [-0.4, -0.2) is 35.3 Å². The molecule has 1 unspecified atom stereocenters.